The van der Waals surface area contributed by atoms with Crippen LogP contribution in [0.4, 0.5) is 5.69 Å². The molecule has 0 radical (unpaired) electrons. The second-order valence-electron chi connectivity index (χ2n) is 4.79. The normalized spacial score (nSPS) is 14.0. The van der Waals surface area contributed by atoms with E-state index in [2.05, 4.69) is 26.1 Å². The number of carboxylic acid groups (broad SMARTS) is 1. The second-order valence-corrected chi connectivity index (χ2v) is 5.20. The molecular weight excluding hydrogens is 250 g/mol. The molecule has 0 fully saturated rings. The number of aromatic carboxylic acids is 1. The molecule has 100 valence electrons. The number of benzene rings is 1. The summed E-state index contributed by atoms with van der Waals surface area (Å²) in [5.41, 5.74) is 0.998. The highest BCUT2D eigenvalue weighted by atomic mass is 35.5. The average molecular weight is 270 g/mol. The molecule has 0 aromatic heterocycles. The molecule has 2 unspecified atom stereocenters. The smallest absolute Gasteiger partial charge is 0.337 e. The third-order valence-corrected chi connectivity index (χ3v) is 3.38. The Hall–Kier alpha value is -1.22. The van der Waals surface area contributed by atoms with Crippen molar-refractivity contribution in [3.8, 4) is 0 Å². The van der Waals surface area contributed by atoms with Crippen LogP contribution in [-0.2, 0) is 0 Å². The molecule has 3 nitrogen and oxygen atoms in total. The van der Waals surface area contributed by atoms with Crippen LogP contribution in [0.25, 0.3) is 0 Å². The zero-order valence-corrected chi connectivity index (χ0v) is 11.8. The highest BCUT2D eigenvalue weighted by molar-refractivity contribution is 6.33. The van der Waals surface area contributed by atoms with Crippen LogP contribution in [0, 0.1) is 5.92 Å². The molecule has 0 heterocycles. The minimum Gasteiger partial charge on any atom is -0.478 e. The van der Waals surface area contributed by atoms with Crippen molar-refractivity contribution in [1.29, 1.82) is 0 Å². The van der Waals surface area contributed by atoms with E-state index in [4.69, 9.17) is 16.7 Å². The van der Waals surface area contributed by atoms with Gasteiger partial charge in [-0.1, -0.05) is 31.9 Å². The molecule has 1 aromatic rings. The van der Waals surface area contributed by atoms with Gasteiger partial charge in [-0.05, 0) is 37.5 Å². The van der Waals surface area contributed by atoms with Gasteiger partial charge < -0.3 is 10.4 Å². The standard InChI is InChI=1S/C14H20ClNO2/c1-4-9(2)7-10(3)16-11-5-6-12(14(17)18)13(15)8-11/h5-6,8-10,16H,4,7H2,1-3H3,(H,17,18). The summed E-state index contributed by atoms with van der Waals surface area (Å²) in [6.07, 6.45) is 2.24. The van der Waals surface area contributed by atoms with Crippen LogP contribution in [0.3, 0.4) is 0 Å². The van der Waals surface area contributed by atoms with Crippen molar-refractivity contribution >= 4 is 23.3 Å². The van der Waals surface area contributed by atoms with Gasteiger partial charge in [-0.2, -0.15) is 0 Å². The summed E-state index contributed by atoms with van der Waals surface area (Å²) in [4.78, 5) is 10.8. The van der Waals surface area contributed by atoms with E-state index in [9.17, 15) is 4.79 Å². The Morgan fingerprint density at radius 1 is 1.44 bits per heavy atom. The maximum absolute atomic E-state index is 10.8. The summed E-state index contributed by atoms with van der Waals surface area (Å²) in [5.74, 6) is -0.333. The predicted octanol–water partition coefficient (Wildman–Crippen LogP) is 4.27. The molecular formula is C14H20ClNO2. The van der Waals surface area contributed by atoms with Crippen molar-refractivity contribution in [2.24, 2.45) is 5.92 Å². The van der Waals surface area contributed by atoms with Crippen molar-refractivity contribution in [3.05, 3.63) is 28.8 Å². The van der Waals surface area contributed by atoms with Crippen LogP contribution in [0.2, 0.25) is 5.02 Å². The number of nitrogens with one attached hydrogen (secondary N) is 1. The van der Waals surface area contributed by atoms with Gasteiger partial charge in [0.15, 0.2) is 0 Å². The molecule has 0 amide bonds. The van der Waals surface area contributed by atoms with Gasteiger partial charge in [0.2, 0.25) is 0 Å². The number of hydrogen-bond donors (Lipinski definition) is 2. The molecule has 0 aliphatic heterocycles. The highest BCUT2D eigenvalue weighted by Gasteiger charge is 2.11. The van der Waals surface area contributed by atoms with E-state index in [0.29, 0.717) is 12.0 Å². The summed E-state index contributed by atoms with van der Waals surface area (Å²) in [6.45, 7) is 6.51. The topological polar surface area (TPSA) is 49.3 Å². The number of carboxylic acids is 1. The summed E-state index contributed by atoms with van der Waals surface area (Å²) in [6, 6.07) is 5.29. The van der Waals surface area contributed by atoms with Gasteiger partial charge in [0.25, 0.3) is 0 Å². The zero-order valence-electron chi connectivity index (χ0n) is 11.0. The van der Waals surface area contributed by atoms with Crippen molar-refractivity contribution in [3.63, 3.8) is 0 Å². The van der Waals surface area contributed by atoms with Gasteiger partial charge in [0, 0.05) is 11.7 Å². The first-order valence-corrected chi connectivity index (χ1v) is 6.61. The van der Waals surface area contributed by atoms with E-state index in [-0.39, 0.29) is 10.6 Å². The van der Waals surface area contributed by atoms with Gasteiger partial charge >= 0.3 is 5.97 Å². The maximum atomic E-state index is 10.8. The van der Waals surface area contributed by atoms with Crippen LogP contribution in [-0.4, -0.2) is 17.1 Å². The Kier molecular flexibility index (Phi) is 5.48. The lowest BCUT2D eigenvalue weighted by Gasteiger charge is -2.19. The minimum atomic E-state index is -1.00. The first kappa shape index (κ1) is 14.8. The van der Waals surface area contributed by atoms with Gasteiger partial charge in [-0.25, -0.2) is 4.79 Å². The summed E-state index contributed by atoms with van der Waals surface area (Å²) < 4.78 is 0. The fourth-order valence-corrected chi connectivity index (χ4v) is 2.15. The SMILES string of the molecule is CCC(C)CC(C)Nc1ccc(C(=O)O)c(Cl)c1. The first-order chi connectivity index (χ1) is 8.43. The predicted molar refractivity (Wildman–Crippen MR) is 75.6 cm³/mol. The van der Waals surface area contributed by atoms with Crippen molar-refractivity contribution in [2.75, 3.05) is 5.32 Å². The van der Waals surface area contributed by atoms with Crippen molar-refractivity contribution < 1.29 is 9.90 Å². The molecule has 0 aliphatic carbocycles. The van der Waals surface area contributed by atoms with E-state index in [1.54, 1.807) is 12.1 Å². The lowest BCUT2D eigenvalue weighted by Crippen LogP contribution is -2.18. The van der Waals surface area contributed by atoms with Crippen LogP contribution in [0.1, 0.15) is 44.0 Å². The number of hydrogen-bond acceptors (Lipinski definition) is 2. The van der Waals surface area contributed by atoms with E-state index in [1.165, 1.54) is 6.07 Å². The first-order valence-electron chi connectivity index (χ1n) is 6.23. The Bertz CT molecular complexity index is 420. The van der Waals surface area contributed by atoms with E-state index >= 15 is 0 Å². The highest BCUT2D eigenvalue weighted by Crippen LogP contribution is 2.22. The molecule has 1 aromatic carbocycles. The fourth-order valence-electron chi connectivity index (χ4n) is 1.89. The molecule has 0 bridgehead atoms. The summed E-state index contributed by atoms with van der Waals surface area (Å²) in [7, 11) is 0. The van der Waals surface area contributed by atoms with Crippen LogP contribution >= 0.6 is 11.6 Å². The summed E-state index contributed by atoms with van der Waals surface area (Å²) in [5, 5.41) is 12.5. The monoisotopic (exact) mass is 269 g/mol. The molecule has 2 atom stereocenters. The lowest BCUT2D eigenvalue weighted by molar-refractivity contribution is 0.0697. The van der Waals surface area contributed by atoms with E-state index < -0.39 is 5.97 Å². The third-order valence-electron chi connectivity index (χ3n) is 3.07. The van der Waals surface area contributed by atoms with Crippen LogP contribution in [0.15, 0.2) is 18.2 Å². The minimum absolute atomic E-state index is 0.136. The molecule has 1 rings (SSSR count). The van der Waals surface area contributed by atoms with Gasteiger partial charge in [-0.15, -0.1) is 0 Å². The van der Waals surface area contributed by atoms with E-state index in [0.717, 1.165) is 18.5 Å². The summed E-state index contributed by atoms with van der Waals surface area (Å²) >= 11 is 5.92. The van der Waals surface area contributed by atoms with Gasteiger partial charge in [-0.3, -0.25) is 0 Å². The number of rotatable bonds is 6. The molecule has 2 N–H and O–H groups in total. The molecule has 4 heteroatoms. The Morgan fingerprint density at radius 3 is 2.61 bits per heavy atom. The van der Waals surface area contributed by atoms with Crippen molar-refractivity contribution in [1.82, 2.24) is 0 Å². The van der Waals surface area contributed by atoms with Crippen LogP contribution < -0.4 is 5.32 Å². The quantitative estimate of drug-likeness (QED) is 0.811. The Labute approximate surface area is 113 Å². The number of carbonyl (C=O) groups is 1. The Balaban J connectivity index is 2.68. The lowest BCUT2D eigenvalue weighted by atomic mass is 10.0. The fraction of sp³-hybridized carbons (Fsp3) is 0.500. The van der Waals surface area contributed by atoms with Crippen LogP contribution in [0.5, 0.6) is 0 Å². The number of anilines is 1. The molecule has 0 spiro atoms. The maximum Gasteiger partial charge on any atom is 0.337 e. The third kappa shape index (κ3) is 4.22. The van der Waals surface area contributed by atoms with Gasteiger partial charge in [0.1, 0.15) is 0 Å². The molecule has 0 saturated carbocycles. The average Bonchev–Trinajstić information content (AvgIpc) is 2.28. The van der Waals surface area contributed by atoms with Crippen molar-refractivity contribution in [2.45, 2.75) is 39.7 Å². The second kappa shape index (κ2) is 6.64. The largest absolute Gasteiger partial charge is 0.478 e. The molecule has 0 saturated heterocycles. The Morgan fingerprint density at radius 2 is 2.11 bits per heavy atom. The number of halogens is 1. The van der Waals surface area contributed by atoms with Gasteiger partial charge in [0.05, 0.1) is 10.6 Å². The molecule has 0 aliphatic rings. The van der Waals surface area contributed by atoms with E-state index in [1.807, 2.05) is 0 Å². The molecule has 18 heavy (non-hydrogen) atoms. The zero-order chi connectivity index (χ0) is 13.7.